The summed E-state index contributed by atoms with van der Waals surface area (Å²) in [6, 6.07) is 11.8. The number of carbonyl (C=O) groups excluding carboxylic acids is 2. The molecule has 0 saturated carbocycles. The van der Waals surface area contributed by atoms with E-state index in [1.165, 1.54) is 0 Å². The van der Waals surface area contributed by atoms with Crippen molar-refractivity contribution in [1.82, 2.24) is 5.32 Å². The van der Waals surface area contributed by atoms with E-state index in [0.717, 1.165) is 12.0 Å². The Morgan fingerprint density at radius 2 is 1.77 bits per heavy atom. The molecule has 7 heteroatoms. The van der Waals surface area contributed by atoms with E-state index in [1.54, 1.807) is 24.3 Å². The molecule has 1 atom stereocenters. The second-order valence-corrected chi connectivity index (χ2v) is 7.48. The number of ether oxygens (including phenoxy) is 3. The minimum absolute atomic E-state index is 0.103. The maximum atomic E-state index is 12.4. The molecule has 0 bridgehead atoms. The first-order valence-electron chi connectivity index (χ1n) is 10.0. The highest BCUT2D eigenvalue weighted by atomic mass is 16.5. The van der Waals surface area contributed by atoms with E-state index in [1.807, 2.05) is 32.0 Å². The number of hydrogen-bond acceptors (Lipinski definition) is 6. The van der Waals surface area contributed by atoms with Crippen molar-refractivity contribution in [3.05, 3.63) is 59.2 Å². The Hall–Kier alpha value is -3.06. The molecule has 0 fully saturated rings. The van der Waals surface area contributed by atoms with Crippen LogP contribution in [-0.4, -0.2) is 36.8 Å². The summed E-state index contributed by atoms with van der Waals surface area (Å²) in [6.45, 7) is 4.73. The molecular weight excluding hydrogens is 386 g/mol. The van der Waals surface area contributed by atoms with Gasteiger partial charge in [-0.1, -0.05) is 32.0 Å². The minimum Gasteiger partial charge on any atom is -0.490 e. The van der Waals surface area contributed by atoms with E-state index in [-0.39, 0.29) is 31.1 Å². The van der Waals surface area contributed by atoms with Crippen molar-refractivity contribution in [2.45, 2.75) is 32.9 Å². The van der Waals surface area contributed by atoms with Crippen molar-refractivity contribution in [2.75, 3.05) is 19.8 Å². The van der Waals surface area contributed by atoms with E-state index in [0.29, 0.717) is 35.8 Å². The van der Waals surface area contributed by atoms with Gasteiger partial charge in [0.25, 0.3) is 5.91 Å². The number of nitrogens with one attached hydrogen (secondary N) is 1. The van der Waals surface area contributed by atoms with Gasteiger partial charge in [-0.3, -0.25) is 4.79 Å². The normalized spacial score (nSPS) is 14.0. The van der Waals surface area contributed by atoms with Crippen LogP contribution in [0.3, 0.4) is 0 Å². The number of benzene rings is 2. The van der Waals surface area contributed by atoms with Crippen molar-refractivity contribution in [3.63, 3.8) is 0 Å². The molecule has 7 nitrogen and oxygen atoms in total. The highest BCUT2D eigenvalue weighted by Gasteiger charge is 2.22. The van der Waals surface area contributed by atoms with E-state index in [4.69, 9.17) is 19.3 Å². The lowest BCUT2D eigenvalue weighted by Gasteiger charge is -2.24. The number of esters is 1. The van der Waals surface area contributed by atoms with Crippen LogP contribution in [0.2, 0.25) is 0 Å². The Morgan fingerprint density at radius 1 is 1.07 bits per heavy atom. The first kappa shape index (κ1) is 21.6. The summed E-state index contributed by atoms with van der Waals surface area (Å²) < 4.78 is 16.5. The number of aliphatic hydroxyl groups is 1. The quantitative estimate of drug-likeness (QED) is 0.678. The first-order valence-corrected chi connectivity index (χ1v) is 10.0. The zero-order valence-electron chi connectivity index (χ0n) is 17.2. The largest absolute Gasteiger partial charge is 0.490 e. The van der Waals surface area contributed by atoms with Crippen LogP contribution >= 0.6 is 0 Å². The molecule has 1 aliphatic rings. The van der Waals surface area contributed by atoms with Gasteiger partial charge in [-0.05, 0) is 41.3 Å². The topological polar surface area (TPSA) is 94.1 Å². The van der Waals surface area contributed by atoms with E-state index in [9.17, 15) is 9.59 Å². The van der Waals surface area contributed by atoms with Crippen LogP contribution in [0, 0.1) is 5.92 Å². The minimum atomic E-state index is -0.591. The summed E-state index contributed by atoms with van der Waals surface area (Å²) >= 11 is 0. The van der Waals surface area contributed by atoms with Gasteiger partial charge in [-0.15, -0.1) is 0 Å². The van der Waals surface area contributed by atoms with Gasteiger partial charge in [-0.25, -0.2) is 4.79 Å². The van der Waals surface area contributed by atoms with Gasteiger partial charge in [-0.2, -0.15) is 0 Å². The SMILES string of the molecule is CC(C)[C@H](NC(=O)COC(=O)c1ccc(CO)cc1)c1ccc2c(c1)OCCCO2. The van der Waals surface area contributed by atoms with Crippen molar-refractivity contribution in [3.8, 4) is 11.5 Å². The molecule has 0 aliphatic carbocycles. The molecule has 2 aromatic carbocycles. The number of amides is 1. The van der Waals surface area contributed by atoms with E-state index < -0.39 is 5.97 Å². The van der Waals surface area contributed by atoms with Crippen LogP contribution < -0.4 is 14.8 Å². The monoisotopic (exact) mass is 413 g/mol. The summed E-state index contributed by atoms with van der Waals surface area (Å²) in [5, 5.41) is 12.0. The summed E-state index contributed by atoms with van der Waals surface area (Å²) in [7, 11) is 0. The van der Waals surface area contributed by atoms with Gasteiger partial charge in [0.2, 0.25) is 0 Å². The number of hydrogen-bond donors (Lipinski definition) is 2. The molecule has 1 heterocycles. The highest BCUT2D eigenvalue weighted by molar-refractivity contribution is 5.91. The Bertz CT molecular complexity index is 878. The van der Waals surface area contributed by atoms with Crippen molar-refractivity contribution >= 4 is 11.9 Å². The molecular formula is C23H27NO6. The Labute approximate surface area is 176 Å². The third-order valence-electron chi connectivity index (χ3n) is 4.82. The van der Waals surface area contributed by atoms with Crippen LogP contribution in [0.15, 0.2) is 42.5 Å². The molecule has 0 radical (unpaired) electrons. The maximum Gasteiger partial charge on any atom is 0.338 e. The Kier molecular flexibility index (Phi) is 7.30. The Balaban J connectivity index is 1.61. The third-order valence-corrected chi connectivity index (χ3v) is 4.82. The number of rotatable bonds is 7. The zero-order chi connectivity index (χ0) is 21.5. The fourth-order valence-electron chi connectivity index (χ4n) is 3.18. The highest BCUT2D eigenvalue weighted by Crippen LogP contribution is 2.34. The molecule has 0 unspecified atom stereocenters. The van der Waals surface area contributed by atoms with Gasteiger partial charge in [0.05, 0.1) is 31.4 Å². The number of fused-ring (bicyclic) bond motifs is 1. The van der Waals surface area contributed by atoms with Gasteiger partial charge < -0.3 is 24.6 Å². The maximum absolute atomic E-state index is 12.4. The van der Waals surface area contributed by atoms with Gasteiger partial charge >= 0.3 is 5.97 Å². The molecule has 0 aromatic heterocycles. The lowest BCUT2D eigenvalue weighted by molar-refractivity contribution is -0.125. The van der Waals surface area contributed by atoms with E-state index >= 15 is 0 Å². The lowest BCUT2D eigenvalue weighted by atomic mass is 9.95. The second-order valence-electron chi connectivity index (χ2n) is 7.48. The van der Waals surface area contributed by atoms with Gasteiger partial charge in [0.1, 0.15) is 0 Å². The molecule has 2 aromatic rings. The standard InChI is InChI=1S/C23H27NO6/c1-15(2)22(18-8-9-19-20(12-18)29-11-3-10-28-19)24-21(26)14-30-23(27)17-6-4-16(13-25)5-7-17/h4-9,12,15,22,25H,3,10-11,13-14H2,1-2H3,(H,24,26)/t22-/m0/s1. The smallest absolute Gasteiger partial charge is 0.338 e. The summed E-state index contributed by atoms with van der Waals surface area (Å²) in [6.07, 6.45) is 0.822. The number of aliphatic hydroxyl groups excluding tert-OH is 1. The van der Waals surface area contributed by atoms with Gasteiger partial charge in [0, 0.05) is 6.42 Å². The first-order chi connectivity index (χ1) is 14.5. The summed E-state index contributed by atoms with van der Waals surface area (Å²) in [5.74, 6) is 0.502. The fourth-order valence-corrected chi connectivity index (χ4v) is 3.18. The molecule has 160 valence electrons. The fraction of sp³-hybridized carbons (Fsp3) is 0.391. The molecule has 30 heavy (non-hydrogen) atoms. The van der Waals surface area contributed by atoms with Gasteiger partial charge in [0.15, 0.2) is 18.1 Å². The predicted molar refractivity (Wildman–Crippen MR) is 110 cm³/mol. The average Bonchev–Trinajstić information content (AvgIpc) is 3.00. The summed E-state index contributed by atoms with van der Waals surface area (Å²) in [5.41, 5.74) is 1.91. The van der Waals surface area contributed by atoms with Crippen molar-refractivity contribution < 1.29 is 28.9 Å². The molecule has 1 amide bonds. The van der Waals surface area contributed by atoms with Crippen LogP contribution in [0.25, 0.3) is 0 Å². The van der Waals surface area contributed by atoms with E-state index in [2.05, 4.69) is 5.32 Å². The lowest BCUT2D eigenvalue weighted by Crippen LogP contribution is -2.35. The third kappa shape index (κ3) is 5.51. The second kappa shape index (κ2) is 10.1. The van der Waals surface area contributed by atoms with Crippen molar-refractivity contribution in [2.24, 2.45) is 5.92 Å². The molecule has 2 N–H and O–H groups in total. The average molecular weight is 413 g/mol. The molecule has 1 aliphatic heterocycles. The molecule has 0 spiro atoms. The van der Waals surface area contributed by atoms with Crippen LogP contribution in [-0.2, 0) is 16.1 Å². The molecule has 3 rings (SSSR count). The van der Waals surface area contributed by atoms with Crippen LogP contribution in [0.5, 0.6) is 11.5 Å². The predicted octanol–water partition coefficient (Wildman–Crippen LogP) is 3.01. The molecule has 0 saturated heterocycles. The summed E-state index contributed by atoms with van der Waals surface area (Å²) in [4.78, 5) is 24.6. The Morgan fingerprint density at radius 3 is 2.43 bits per heavy atom. The van der Waals surface area contributed by atoms with Crippen molar-refractivity contribution in [1.29, 1.82) is 0 Å². The van der Waals surface area contributed by atoms with Crippen LogP contribution in [0.1, 0.15) is 47.8 Å². The van der Waals surface area contributed by atoms with Crippen LogP contribution in [0.4, 0.5) is 0 Å². The number of carbonyl (C=O) groups is 2. The zero-order valence-corrected chi connectivity index (χ0v) is 17.2.